The molecular formula is C19H19ClN3OS+. The van der Waals surface area contributed by atoms with Crippen LogP contribution in [0.5, 0.6) is 0 Å². The first-order chi connectivity index (χ1) is 12.2. The van der Waals surface area contributed by atoms with Crippen molar-refractivity contribution in [1.82, 2.24) is 9.97 Å². The van der Waals surface area contributed by atoms with Crippen molar-refractivity contribution in [3.8, 4) is 0 Å². The van der Waals surface area contributed by atoms with Crippen LogP contribution < -0.4 is 10.5 Å². The van der Waals surface area contributed by atoms with Gasteiger partial charge in [0.15, 0.2) is 5.82 Å². The van der Waals surface area contributed by atoms with E-state index in [4.69, 9.17) is 16.6 Å². The van der Waals surface area contributed by atoms with E-state index in [1.807, 2.05) is 11.3 Å². The number of hydrogen-bond acceptors (Lipinski definition) is 3. The topological polar surface area (TPSA) is 50.2 Å². The fourth-order valence-electron chi connectivity index (χ4n) is 4.16. The molecule has 2 N–H and O–H groups in total. The molecule has 1 saturated carbocycles. The van der Waals surface area contributed by atoms with Gasteiger partial charge >= 0.3 is 0 Å². The van der Waals surface area contributed by atoms with E-state index in [1.165, 1.54) is 23.3 Å². The molecule has 1 aromatic carbocycles. The molecule has 0 saturated heterocycles. The lowest BCUT2D eigenvalue weighted by molar-refractivity contribution is -0.950. The van der Waals surface area contributed by atoms with E-state index in [9.17, 15) is 4.79 Å². The lowest BCUT2D eigenvalue weighted by Crippen LogP contribution is -3.12. The zero-order valence-electron chi connectivity index (χ0n) is 13.7. The third kappa shape index (κ3) is 2.80. The molecule has 0 bridgehead atoms. The van der Waals surface area contributed by atoms with Gasteiger partial charge < -0.3 is 9.88 Å². The minimum atomic E-state index is -0.0766. The molecule has 3 aromatic rings. The zero-order valence-corrected chi connectivity index (χ0v) is 15.3. The number of benzene rings is 1. The number of H-pyrrole nitrogens is 1. The van der Waals surface area contributed by atoms with Crippen LogP contribution in [0.4, 0.5) is 0 Å². The Bertz CT molecular complexity index is 1010. The van der Waals surface area contributed by atoms with Gasteiger partial charge in [-0.25, -0.2) is 4.98 Å². The molecule has 3 heterocycles. The molecule has 1 aliphatic carbocycles. The average Bonchev–Trinajstić information content (AvgIpc) is 3.30. The second kappa shape index (κ2) is 5.94. The van der Waals surface area contributed by atoms with Crippen LogP contribution in [0.15, 0.2) is 34.4 Å². The predicted octanol–water partition coefficient (Wildman–Crippen LogP) is 2.73. The third-order valence-electron chi connectivity index (χ3n) is 5.43. The summed E-state index contributed by atoms with van der Waals surface area (Å²) in [5, 5.41) is 3.43. The molecule has 2 atom stereocenters. The monoisotopic (exact) mass is 372 g/mol. The van der Waals surface area contributed by atoms with Crippen molar-refractivity contribution in [2.45, 2.75) is 31.8 Å². The highest BCUT2D eigenvalue weighted by molar-refractivity contribution is 7.10. The Labute approximate surface area is 154 Å². The van der Waals surface area contributed by atoms with E-state index >= 15 is 0 Å². The van der Waals surface area contributed by atoms with Crippen LogP contribution in [0, 0.1) is 5.92 Å². The molecular weight excluding hydrogens is 354 g/mol. The van der Waals surface area contributed by atoms with Crippen LogP contribution in [0.1, 0.15) is 35.1 Å². The van der Waals surface area contributed by atoms with Crippen LogP contribution >= 0.6 is 22.9 Å². The summed E-state index contributed by atoms with van der Waals surface area (Å²) in [6.07, 6.45) is 3.76. The molecule has 6 heteroatoms. The summed E-state index contributed by atoms with van der Waals surface area (Å²) in [6, 6.07) is 8.11. The molecule has 0 spiro atoms. The number of nitrogens with one attached hydrogen (secondary N) is 2. The van der Waals surface area contributed by atoms with Gasteiger partial charge in [0.1, 0.15) is 12.6 Å². The first-order valence-electron chi connectivity index (χ1n) is 8.78. The van der Waals surface area contributed by atoms with Gasteiger partial charge in [0.25, 0.3) is 5.56 Å². The lowest BCUT2D eigenvalue weighted by atomic mass is 9.96. The standard InChI is InChI=1S/C19H18ClN3OS/c20-12-3-4-13-15(9-12)21-17(22-19(13)24)10-23-7-5-16-14(6-8-25-16)18(23)11-1-2-11/h3-4,6,8-9,11,18H,1-2,5,7,10H2,(H,21,22,24)/p+1/t18-/m1/s1. The summed E-state index contributed by atoms with van der Waals surface area (Å²) in [4.78, 5) is 23.1. The smallest absolute Gasteiger partial charge is 0.258 e. The summed E-state index contributed by atoms with van der Waals surface area (Å²) < 4.78 is 0. The maximum Gasteiger partial charge on any atom is 0.258 e. The summed E-state index contributed by atoms with van der Waals surface area (Å²) in [6.45, 7) is 1.86. The van der Waals surface area contributed by atoms with Gasteiger partial charge in [-0.2, -0.15) is 0 Å². The molecule has 5 rings (SSSR count). The third-order valence-corrected chi connectivity index (χ3v) is 6.67. The van der Waals surface area contributed by atoms with E-state index in [2.05, 4.69) is 16.4 Å². The van der Waals surface area contributed by atoms with E-state index in [-0.39, 0.29) is 5.56 Å². The van der Waals surface area contributed by atoms with Crippen LogP contribution in [-0.4, -0.2) is 16.5 Å². The second-order valence-corrected chi connectivity index (χ2v) is 8.56. The molecule has 128 valence electrons. The van der Waals surface area contributed by atoms with Crippen molar-refractivity contribution in [1.29, 1.82) is 0 Å². The molecule has 0 radical (unpaired) electrons. The van der Waals surface area contributed by atoms with Gasteiger partial charge in [-0.15, -0.1) is 11.3 Å². The minimum absolute atomic E-state index is 0.0766. The number of fused-ring (bicyclic) bond motifs is 2. The quantitative estimate of drug-likeness (QED) is 0.742. The second-order valence-electron chi connectivity index (χ2n) is 7.12. The highest BCUT2D eigenvalue weighted by Gasteiger charge is 2.43. The van der Waals surface area contributed by atoms with Gasteiger partial charge in [0, 0.05) is 27.8 Å². The number of nitrogens with zero attached hydrogens (tertiary/aromatic N) is 1. The number of aromatic nitrogens is 2. The van der Waals surface area contributed by atoms with E-state index in [0.717, 1.165) is 31.3 Å². The van der Waals surface area contributed by atoms with Crippen LogP contribution in [0.3, 0.4) is 0 Å². The minimum Gasteiger partial charge on any atom is -0.322 e. The van der Waals surface area contributed by atoms with Gasteiger partial charge in [-0.1, -0.05) is 11.6 Å². The Morgan fingerprint density at radius 1 is 1.32 bits per heavy atom. The van der Waals surface area contributed by atoms with Crippen molar-refractivity contribution in [3.63, 3.8) is 0 Å². The first kappa shape index (κ1) is 15.6. The Kier molecular flexibility index (Phi) is 3.69. The summed E-state index contributed by atoms with van der Waals surface area (Å²) in [5.74, 6) is 1.55. The number of thiophene rings is 1. The van der Waals surface area contributed by atoms with Crippen molar-refractivity contribution >= 4 is 33.8 Å². The normalized spacial score (nSPS) is 22.9. The maximum absolute atomic E-state index is 12.4. The summed E-state index contributed by atoms with van der Waals surface area (Å²) >= 11 is 7.96. The molecule has 1 fully saturated rings. The average molecular weight is 373 g/mol. The Hall–Kier alpha value is -1.69. The van der Waals surface area contributed by atoms with Gasteiger partial charge in [0.05, 0.1) is 17.4 Å². The Balaban J connectivity index is 1.51. The summed E-state index contributed by atoms with van der Waals surface area (Å²) in [7, 11) is 0. The van der Waals surface area contributed by atoms with E-state index in [1.54, 1.807) is 23.1 Å². The fraction of sp³-hybridized carbons (Fsp3) is 0.368. The number of rotatable bonds is 3. The van der Waals surface area contributed by atoms with E-state index in [0.29, 0.717) is 22.0 Å². The maximum atomic E-state index is 12.4. The molecule has 4 nitrogen and oxygen atoms in total. The fourth-order valence-corrected chi connectivity index (χ4v) is 5.25. The van der Waals surface area contributed by atoms with Crippen molar-refractivity contribution < 1.29 is 4.90 Å². The molecule has 25 heavy (non-hydrogen) atoms. The number of hydrogen-bond donors (Lipinski definition) is 2. The Morgan fingerprint density at radius 2 is 2.20 bits per heavy atom. The van der Waals surface area contributed by atoms with Crippen LogP contribution in [-0.2, 0) is 13.0 Å². The van der Waals surface area contributed by atoms with Gasteiger partial charge in [-0.3, -0.25) is 4.79 Å². The predicted molar refractivity (Wildman–Crippen MR) is 100 cm³/mol. The molecule has 1 aliphatic heterocycles. The molecule has 2 aliphatic rings. The lowest BCUT2D eigenvalue weighted by Gasteiger charge is -2.32. The van der Waals surface area contributed by atoms with Gasteiger partial charge in [-0.05, 0) is 42.5 Å². The largest absolute Gasteiger partial charge is 0.322 e. The SMILES string of the molecule is O=c1[nH]c(C[NH+]2CCc3sccc3[C@H]2C2CC2)nc2cc(Cl)ccc12. The number of quaternary nitrogens is 1. The van der Waals surface area contributed by atoms with E-state index < -0.39 is 0 Å². The van der Waals surface area contributed by atoms with Gasteiger partial charge in [0.2, 0.25) is 0 Å². The van der Waals surface area contributed by atoms with Crippen molar-refractivity contribution in [3.05, 3.63) is 61.3 Å². The highest BCUT2D eigenvalue weighted by atomic mass is 35.5. The number of aromatic amines is 1. The molecule has 2 aromatic heterocycles. The van der Waals surface area contributed by atoms with Crippen molar-refractivity contribution in [2.24, 2.45) is 5.92 Å². The summed E-state index contributed by atoms with van der Waals surface area (Å²) in [5.41, 5.74) is 2.13. The first-order valence-corrected chi connectivity index (χ1v) is 10.0. The van der Waals surface area contributed by atoms with Crippen LogP contribution in [0.25, 0.3) is 10.9 Å². The zero-order chi connectivity index (χ0) is 17.0. The highest BCUT2D eigenvalue weighted by Crippen LogP contribution is 2.42. The molecule has 0 amide bonds. The number of halogens is 1. The Morgan fingerprint density at radius 3 is 3.04 bits per heavy atom. The molecule has 1 unspecified atom stereocenters. The van der Waals surface area contributed by atoms with Crippen LogP contribution in [0.2, 0.25) is 5.02 Å². The van der Waals surface area contributed by atoms with Crippen molar-refractivity contribution in [2.75, 3.05) is 6.54 Å².